The van der Waals surface area contributed by atoms with Gasteiger partial charge in [0.1, 0.15) is 0 Å². The third-order valence-corrected chi connectivity index (χ3v) is 3.59. The van der Waals surface area contributed by atoms with Crippen LogP contribution in [0.3, 0.4) is 0 Å². The first-order valence-electron chi connectivity index (χ1n) is 6.99. The summed E-state index contributed by atoms with van der Waals surface area (Å²) >= 11 is 0. The molecule has 0 saturated carbocycles. The molecule has 1 fully saturated rings. The Balaban J connectivity index is 1.81. The van der Waals surface area contributed by atoms with Gasteiger partial charge in [-0.3, -0.25) is 9.59 Å². The third-order valence-electron chi connectivity index (χ3n) is 3.59. The molecule has 1 heterocycles. The van der Waals surface area contributed by atoms with E-state index in [4.69, 9.17) is 0 Å². The molecule has 5 nitrogen and oxygen atoms in total. The number of benzene rings is 1. The van der Waals surface area contributed by atoms with E-state index in [1.807, 2.05) is 35.2 Å². The molecule has 1 aliphatic heterocycles. The first kappa shape index (κ1) is 14.5. The number of anilines is 1. The molecule has 0 bridgehead atoms. The van der Waals surface area contributed by atoms with Gasteiger partial charge in [0, 0.05) is 24.7 Å². The molecule has 0 aliphatic carbocycles. The molecule has 2 amide bonds. The third kappa shape index (κ3) is 3.81. The van der Waals surface area contributed by atoms with Gasteiger partial charge in [-0.1, -0.05) is 18.2 Å². The van der Waals surface area contributed by atoms with E-state index in [1.54, 1.807) is 7.05 Å². The van der Waals surface area contributed by atoms with Gasteiger partial charge >= 0.3 is 0 Å². The maximum Gasteiger partial charge on any atom is 0.236 e. The number of likely N-dealkylation sites (N-methyl/N-ethyl adjacent to an activating group) is 1. The van der Waals surface area contributed by atoms with Crippen LogP contribution in [0, 0.1) is 5.92 Å². The zero-order chi connectivity index (χ0) is 14.4. The second kappa shape index (κ2) is 7.05. The van der Waals surface area contributed by atoms with Crippen molar-refractivity contribution in [1.82, 2.24) is 10.2 Å². The normalized spacial score (nSPS) is 15.9. The van der Waals surface area contributed by atoms with Crippen molar-refractivity contribution in [3.63, 3.8) is 0 Å². The molecule has 0 radical (unpaired) electrons. The molecular formula is C15H21N3O2. The van der Waals surface area contributed by atoms with Crippen LogP contribution in [0.1, 0.15) is 12.8 Å². The van der Waals surface area contributed by atoms with Crippen LogP contribution in [-0.4, -0.2) is 43.4 Å². The van der Waals surface area contributed by atoms with Crippen molar-refractivity contribution in [2.45, 2.75) is 12.8 Å². The lowest BCUT2D eigenvalue weighted by Crippen LogP contribution is -2.44. The van der Waals surface area contributed by atoms with Gasteiger partial charge in [0.05, 0.1) is 6.54 Å². The van der Waals surface area contributed by atoms with Crippen LogP contribution in [0.2, 0.25) is 0 Å². The molecule has 1 aliphatic rings. The van der Waals surface area contributed by atoms with Gasteiger partial charge in [0.25, 0.3) is 0 Å². The fraction of sp³-hybridized carbons (Fsp3) is 0.467. The van der Waals surface area contributed by atoms with E-state index in [-0.39, 0.29) is 17.7 Å². The number of piperidine rings is 1. The highest BCUT2D eigenvalue weighted by molar-refractivity contribution is 5.92. The zero-order valence-corrected chi connectivity index (χ0v) is 11.8. The van der Waals surface area contributed by atoms with Crippen LogP contribution in [0.25, 0.3) is 0 Å². The maximum atomic E-state index is 12.1. The average molecular weight is 275 g/mol. The molecule has 0 unspecified atom stereocenters. The predicted octanol–water partition coefficient (Wildman–Crippen LogP) is 1.08. The quantitative estimate of drug-likeness (QED) is 0.864. The van der Waals surface area contributed by atoms with Crippen molar-refractivity contribution in [1.29, 1.82) is 0 Å². The molecule has 0 spiro atoms. The summed E-state index contributed by atoms with van der Waals surface area (Å²) in [6, 6.07) is 9.47. The van der Waals surface area contributed by atoms with Gasteiger partial charge in [0.15, 0.2) is 0 Å². The molecule has 108 valence electrons. The number of nitrogens with zero attached hydrogens (tertiary/aromatic N) is 1. The Hall–Kier alpha value is -1.88. The van der Waals surface area contributed by atoms with E-state index < -0.39 is 0 Å². The van der Waals surface area contributed by atoms with Crippen LogP contribution in [0.15, 0.2) is 30.3 Å². The number of carbonyl (C=O) groups is 2. The highest BCUT2D eigenvalue weighted by Crippen LogP contribution is 2.19. The maximum absolute atomic E-state index is 12.1. The summed E-state index contributed by atoms with van der Waals surface area (Å²) in [5.74, 6) is 0.153. The lowest BCUT2D eigenvalue weighted by atomic mass is 9.95. The van der Waals surface area contributed by atoms with Gasteiger partial charge in [-0.2, -0.15) is 0 Å². The van der Waals surface area contributed by atoms with Crippen molar-refractivity contribution in [3.05, 3.63) is 30.3 Å². The summed E-state index contributed by atoms with van der Waals surface area (Å²) in [6.07, 6.45) is 1.46. The molecule has 1 aromatic carbocycles. The Morgan fingerprint density at radius 1 is 1.20 bits per heavy atom. The Labute approximate surface area is 119 Å². The van der Waals surface area contributed by atoms with Crippen molar-refractivity contribution < 1.29 is 9.59 Å². The minimum Gasteiger partial charge on any atom is -0.342 e. The van der Waals surface area contributed by atoms with Crippen molar-refractivity contribution in [2.24, 2.45) is 5.92 Å². The van der Waals surface area contributed by atoms with Gasteiger partial charge in [-0.25, -0.2) is 0 Å². The second-order valence-corrected chi connectivity index (χ2v) is 5.04. The minimum atomic E-state index is -0.00570. The van der Waals surface area contributed by atoms with E-state index in [0.29, 0.717) is 19.6 Å². The molecule has 1 aromatic rings. The van der Waals surface area contributed by atoms with E-state index in [1.165, 1.54) is 0 Å². The number of hydrogen-bond donors (Lipinski definition) is 2. The monoisotopic (exact) mass is 275 g/mol. The predicted molar refractivity (Wildman–Crippen MR) is 78.3 cm³/mol. The Bertz CT molecular complexity index is 453. The van der Waals surface area contributed by atoms with Crippen molar-refractivity contribution >= 4 is 17.5 Å². The van der Waals surface area contributed by atoms with Crippen molar-refractivity contribution in [3.8, 4) is 0 Å². The average Bonchev–Trinajstić information content (AvgIpc) is 2.48. The summed E-state index contributed by atoms with van der Waals surface area (Å²) in [7, 11) is 1.76. The smallest absolute Gasteiger partial charge is 0.236 e. The van der Waals surface area contributed by atoms with Crippen LogP contribution in [-0.2, 0) is 9.59 Å². The number of rotatable bonds is 4. The number of hydrogen-bond acceptors (Lipinski definition) is 3. The highest BCUT2D eigenvalue weighted by Gasteiger charge is 2.26. The minimum absolute atomic E-state index is 0.00570. The lowest BCUT2D eigenvalue weighted by Gasteiger charge is -2.31. The summed E-state index contributed by atoms with van der Waals surface area (Å²) in [6.45, 7) is 1.68. The molecular weight excluding hydrogens is 254 g/mol. The Morgan fingerprint density at radius 2 is 1.85 bits per heavy atom. The Morgan fingerprint density at radius 3 is 2.45 bits per heavy atom. The number of para-hydroxylation sites is 1. The molecule has 1 saturated heterocycles. The highest BCUT2D eigenvalue weighted by atomic mass is 16.2. The number of likely N-dealkylation sites (tertiary alicyclic amines) is 1. The fourth-order valence-corrected chi connectivity index (χ4v) is 2.42. The zero-order valence-electron chi connectivity index (χ0n) is 11.8. The molecule has 2 N–H and O–H groups in total. The summed E-state index contributed by atoms with van der Waals surface area (Å²) in [5.41, 5.74) is 0.825. The molecule has 0 aromatic heterocycles. The molecule has 0 atom stereocenters. The summed E-state index contributed by atoms with van der Waals surface area (Å²) < 4.78 is 0. The molecule has 2 rings (SSSR count). The van der Waals surface area contributed by atoms with Gasteiger partial charge < -0.3 is 15.5 Å². The summed E-state index contributed by atoms with van der Waals surface area (Å²) in [4.78, 5) is 25.7. The topological polar surface area (TPSA) is 61.4 Å². The van der Waals surface area contributed by atoms with E-state index >= 15 is 0 Å². The molecule has 20 heavy (non-hydrogen) atoms. The van der Waals surface area contributed by atoms with Crippen LogP contribution in [0.4, 0.5) is 5.69 Å². The SMILES string of the molecule is CNCC(=O)N1CCC(C(=O)Nc2ccccc2)CC1. The number of amides is 2. The van der Waals surface area contributed by atoms with E-state index in [9.17, 15) is 9.59 Å². The van der Waals surface area contributed by atoms with Gasteiger partial charge in [-0.15, -0.1) is 0 Å². The Kier molecular flexibility index (Phi) is 5.12. The van der Waals surface area contributed by atoms with Gasteiger partial charge in [0.2, 0.25) is 11.8 Å². The first-order valence-corrected chi connectivity index (χ1v) is 6.99. The second-order valence-electron chi connectivity index (χ2n) is 5.04. The van der Waals surface area contributed by atoms with Crippen molar-refractivity contribution in [2.75, 3.05) is 32.0 Å². The van der Waals surface area contributed by atoms with Gasteiger partial charge in [-0.05, 0) is 32.0 Å². The number of nitrogens with one attached hydrogen (secondary N) is 2. The number of carbonyl (C=O) groups excluding carboxylic acids is 2. The summed E-state index contributed by atoms with van der Waals surface area (Å²) in [5, 5.41) is 5.79. The van der Waals surface area contributed by atoms with Crippen LogP contribution < -0.4 is 10.6 Å². The standard InChI is InChI=1S/C15H21N3O2/c1-16-11-14(19)18-9-7-12(8-10-18)15(20)17-13-5-3-2-4-6-13/h2-6,12,16H,7-11H2,1H3,(H,17,20). The van der Waals surface area contributed by atoms with Crippen LogP contribution in [0.5, 0.6) is 0 Å². The lowest BCUT2D eigenvalue weighted by molar-refractivity contribution is -0.133. The van der Waals surface area contributed by atoms with E-state index in [2.05, 4.69) is 10.6 Å². The fourth-order valence-electron chi connectivity index (χ4n) is 2.42. The van der Waals surface area contributed by atoms with Crippen LogP contribution >= 0.6 is 0 Å². The largest absolute Gasteiger partial charge is 0.342 e. The molecule has 5 heteroatoms. The van der Waals surface area contributed by atoms with E-state index in [0.717, 1.165) is 18.5 Å². The first-order chi connectivity index (χ1) is 9.70.